The molecule has 0 radical (unpaired) electrons. The van der Waals surface area contributed by atoms with Crippen LogP contribution < -0.4 is 15.6 Å². The number of thioether (sulfide) groups is 2. The number of aryl methyl sites for hydroxylation is 2. The van der Waals surface area contributed by atoms with Gasteiger partial charge in [0.1, 0.15) is 5.75 Å². The monoisotopic (exact) mass is 473 g/mol. The van der Waals surface area contributed by atoms with Crippen molar-refractivity contribution in [3.63, 3.8) is 0 Å². The third-order valence-electron chi connectivity index (χ3n) is 4.78. The first kappa shape index (κ1) is 21.8. The number of methoxy groups -OCH3 is 1. The number of carbonyl (C=O) groups is 1. The second kappa shape index (κ2) is 9.38. The standard InChI is InChI=1S/C22H20ClN3O3S2/c1-13-7-8-14(11-15(13)23)24-19(27)12-31-22-25-16-9-10-30-20(16)21(28)26(22)17-5-3-4-6-18(17)29-2/h3-8,11H,9-10,12H2,1-2H3,(H,24,27). The first-order valence-electron chi connectivity index (χ1n) is 9.59. The van der Waals surface area contributed by atoms with Gasteiger partial charge < -0.3 is 10.1 Å². The molecule has 2 aromatic carbocycles. The molecule has 0 fully saturated rings. The van der Waals surface area contributed by atoms with Gasteiger partial charge in [-0.25, -0.2) is 4.98 Å². The van der Waals surface area contributed by atoms with E-state index in [2.05, 4.69) is 5.32 Å². The average Bonchev–Trinajstić information content (AvgIpc) is 3.24. The molecule has 2 heterocycles. The van der Waals surface area contributed by atoms with Crippen LogP contribution in [-0.4, -0.2) is 34.1 Å². The highest BCUT2D eigenvalue weighted by Gasteiger charge is 2.24. The molecule has 9 heteroatoms. The molecule has 0 bridgehead atoms. The number of fused-ring (bicyclic) bond motifs is 1. The Kier molecular flexibility index (Phi) is 6.60. The van der Waals surface area contributed by atoms with Gasteiger partial charge >= 0.3 is 0 Å². The van der Waals surface area contributed by atoms with Crippen LogP contribution in [0.5, 0.6) is 5.75 Å². The number of aromatic nitrogens is 2. The van der Waals surface area contributed by atoms with Crippen LogP contribution >= 0.6 is 35.1 Å². The Balaban J connectivity index is 1.63. The lowest BCUT2D eigenvalue weighted by Crippen LogP contribution is -2.25. The smallest absolute Gasteiger partial charge is 0.272 e. The van der Waals surface area contributed by atoms with Crippen LogP contribution in [0, 0.1) is 6.92 Å². The van der Waals surface area contributed by atoms with E-state index in [-0.39, 0.29) is 17.2 Å². The van der Waals surface area contributed by atoms with E-state index in [0.29, 0.717) is 32.2 Å². The number of para-hydroxylation sites is 2. The summed E-state index contributed by atoms with van der Waals surface area (Å²) in [6, 6.07) is 12.7. The van der Waals surface area contributed by atoms with Crippen LogP contribution in [0.25, 0.3) is 5.69 Å². The maximum absolute atomic E-state index is 13.3. The van der Waals surface area contributed by atoms with Gasteiger partial charge in [-0.1, -0.05) is 41.6 Å². The molecule has 1 aromatic heterocycles. The Bertz CT molecular complexity index is 1210. The summed E-state index contributed by atoms with van der Waals surface area (Å²) in [6.07, 6.45) is 0.740. The van der Waals surface area contributed by atoms with Gasteiger partial charge in [0.25, 0.3) is 5.56 Å². The maximum atomic E-state index is 13.3. The predicted octanol–water partition coefficient (Wildman–Crippen LogP) is 4.58. The van der Waals surface area contributed by atoms with Crippen molar-refractivity contribution in [2.24, 2.45) is 0 Å². The number of nitrogens with one attached hydrogen (secondary N) is 1. The van der Waals surface area contributed by atoms with Crippen LogP contribution in [0.15, 0.2) is 57.3 Å². The number of ether oxygens (including phenoxy) is 1. The Morgan fingerprint density at radius 2 is 2.13 bits per heavy atom. The number of nitrogens with zero attached hydrogens (tertiary/aromatic N) is 2. The number of anilines is 1. The first-order valence-corrected chi connectivity index (χ1v) is 11.9. The summed E-state index contributed by atoms with van der Waals surface area (Å²) in [5.41, 5.74) is 2.82. The van der Waals surface area contributed by atoms with E-state index in [9.17, 15) is 9.59 Å². The molecule has 0 saturated heterocycles. The van der Waals surface area contributed by atoms with E-state index in [1.54, 1.807) is 25.3 Å². The van der Waals surface area contributed by atoms with Crippen LogP contribution in [0.4, 0.5) is 5.69 Å². The number of hydrogen-bond donors (Lipinski definition) is 1. The molecule has 0 saturated carbocycles. The summed E-state index contributed by atoms with van der Waals surface area (Å²) >= 11 is 8.87. The highest BCUT2D eigenvalue weighted by molar-refractivity contribution is 8.00. The normalized spacial score (nSPS) is 12.5. The number of rotatable bonds is 6. The molecule has 1 aliphatic rings. The fourth-order valence-electron chi connectivity index (χ4n) is 3.21. The van der Waals surface area contributed by atoms with E-state index in [0.717, 1.165) is 23.4 Å². The largest absolute Gasteiger partial charge is 0.495 e. The average molecular weight is 474 g/mol. The topological polar surface area (TPSA) is 73.2 Å². The summed E-state index contributed by atoms with van der Waals surface area (Å²) in [7, 11) is 1.56. The molecule has 31 heavy (non-hydrogen) atoms. The number of carbonyl (C=O) groups excluding carboxylic acids is 1. The molecule has 1 N–H and O–H groups in total. The van der Waals surface area contributed by atoms with Crippen molar-refractivity contribution in [2.75, 3.05) is 23.9 Å². The Labute approximate surface area is 193 Å². The summed E-state index contributed by atoms with van der Waals surface area (Å²) in [4.78, 5) is 31.2. The van der Waals surface area contributed by atoms with Crippen molar-refractivity contribution in [1.82, 2.24) is 9.55 Å². The van der Waals surface area contributed by atoms with Crippen molar-refractivity contribution in [3.8, 4) is 11.4 Å². The number of benzene rings is 2. The minimum atomic E-state index is -0.208. The molecular weight excluding hydrogens is 454 g/mol. The lowest BCUT2D eigenvalue weighted by molar-refractivity contribution is -0.113. The van der Waals surface area contributed by atoms with Crippen LogP contribution in [0.3, 0.4) is 0 Å². The van der Waals surface area contributed by atoms with Crippen LogP contribution in [-0.2, 0) is 11.2 Å². The molecule has 3 aromatic rings. The minimum Gasteiger partial charge on any atom is -0.495 e. The summed E-state index contributed by atoms with van der Waals surface area (Å²) < 4.78 is 7.00. The molecular formula is C22H20ClN3O3S2. The van der Waals surface area contributed by atoms with E-state index in [1.807, 2.05) is 31.2 Å². The Morgan fingerprint density at radius 3 is 2.90 bits per heavy atom. The number of hydrogen-bond acceptors (Lipinski definition) is 6. The maximum Gasteiger partial charge on any atom is 0.272 e. The fourth-order valence-corrected chi connectivity index (χ4v) is 5.24. The van der Waals surface area contributed by atoms with Gasteiger partial charge in [-0.15, -0.1) is 11.8 Å². The van der Waals surface area contributed by atoms with Crippen LogP contribution in [0.1, 0.15) is 11.3 Å². The Morgan fingerprint density at radius 1 is 1.32 bits per heavy atom. The van der Waals surface area contributed by atoms with Crippen molar-refractivity contribution >= 4 is 46.7 Å². The van der Waals surface area contributed by atoms with E-state index in [4.69, 9.17) is 21.3 Å². The molecule has 0 aliphatic carbocycles. The number of halogens is 1. The van der Waals surface area contributed by atoms with Crippen molar-refractivity contribution < 1.29 is 9.53 Å². The molecule has 160 valence electrons. The van der Waals surface area contributed by atoms with Crippen molar-refractivity contribution in [1.29, 1.82) is 0 Å². The van der Waals surface area contributed by atoms with Gasteiger partial charge in [0, 0.05) is 22.9 Å². The summed E-state index contributed by atoms with van der Waals surface area (Å²) in [6.45, 7) is 1.90. The fraction of sp³-hybridized carbons (Fsp3) is 0.227. The molecule has 6 nitrogen and oxygen atoms in total. The van der Waals surface area contributed by atoms with Crippen LogP contribution in [0.2, 0.25) is 5.02 Å². The zero-order valence-electron chi connectivity index (χ0n) is 17.0. The predicted molar refractivity (Wildman–Crippen MR) is 126 cm³/mol. The number of amides is 1. The lowest BCUT2D eigenvalue weighted by Gasteiger charge is -2.16. The lowest BCUT2D eigenvalue weighted by atomic mass is 10.2. The molecule has 0 unspecified atom stereocenters. The van der Waals surface area contributed by atoms with Gasteiger partial charge in [0.15, 0.2) is 5.16 Å². The zero-order valence-corrected chi connectivity index (χ0v) is 19.4. The molecule has 1 aliphatic heterocycles. The van der Waals surface area contributed by atoms with E-state index < -0.39 is 0 Å². The zero-order chi connectivity index (χ0) is 22.0. The van der Waals surface area contributed by atoms with Gasteiger partial charge in [0.2, 0.25) is 5.91 Å². The highest BCUT2D eigenvalue weighted by atomic mass is 35.5. The van der Waals surface area contributed by atoms with Gasteiger partial charge in [-0.3, -0.25) is 14.2 Å². The van der Waals surface area contributed by atoms with Crippen molar-refractivity contribution in [3.05, 3.63) is 69.1 Å². The third-order valence-corrected chi connectivity index (χ3v) is 7.23. The second-order valence-electron chi connectivity index (χ2n) is 6.88. The van der Waals surface area contributed by atoms with E-state index >= 15 is 0 Å². The molecule has 4 rings (SSSR count). The van der Waals surface area contributed by atoms with Gasteiger partial charge in [-0.05, 0) is 36.8 Å². The summed E-state index contributed by atoms with van der Waals surface area (Å²) in [5.74, 6) is 1.28. The quantitative estimate of drug-likeness (QED) is 0.417. The second-order valence-corrected chi connectivity index (χ2v) is 9.34. The van der Waals surface area contributed by atoms with E-state index in [1.165, 1.54) is 28.1 Å². The molecule has 0 atom stereocenters. The minimum absolute atomic E-state index is 0.0962. The summed E-state index contributed by atoms with van der Waals surface area (Å²) in [5, 5.41) is 3.90. The Hall–Kier alpha value is -2.42. The van der Waals surface area contributed by atoms with Crippen molar-refractivity contribution in [2.45, 2.75) is 23.4 Å². The van der Waals surface area contributed by atoms with Gasteiger partial charge in [0.05, 0.1) is 29.1 Å². The molecule has 1 amide bonds. The highest BCUT2D eigenvalue weighted by Crippen LogP contribution is 2.32. The SMILES string of the molecule is COc1ccccc1-n1c(SCC(=O)Nc2ccc(C)c(Cl)c2)nc2c(c1=O)SCC2. The molecule has 0 spiro atoms. The van der Waals surface area contributed by atoms with Gasteiger partial charge in [-0.2, -0.15) is 0 Å². The third kappa shape index (κ3) is 4.61. The first-order chi connectivity index (χ1) is 15.0.